The van der Waals surface area contributed by atoms with E-state index < -0.39 is 5.82 Å². The predicted molar refractivity (Wildman–Crippen MR) is 106 cm³/mol. The monoisotopic (exact) mass is 381 g/mol. The molecule has 1 heterocycles. The number of pyridine rings is 1. The van der Waals surface area contributed by atoms with Crippen LogP contribution in [0.5, 0.6) is 11.5 Å². The van der Waals surface area contributed by atoms with Crippen LogP contribution in [-0.4, -0.2) is 25.1 Å². The fourth-order valence-corrected chi connectivity index (χ4v) is 2.68. The summed E-state index contributed by atoms with van der Waals surface area (Å²) in [6, 6.07) is 12.9. The number of ether oxygens (including phenoxy) is 2. The molecule has 0 bridgehead atoms. The molecule has 0 atom stereocenters. The van der Waals surface area contributed by atoms with E-state index in [1.807, 2.05) is 6.92 Å². The summed E-state index contributed by atoms with van der Waals surface area (Å²) >= 11 is 0. The molecule has 0 aliphatic heterocycles. The molecule has 144 valence electrons. The van der Waals surface area contributed by atoms with Crippen LogP contribution in [0.3, 0.4) is 0 Å². The largest absolute Gasteiger partial charge is 0.493 e. The highest BCUT2D eigenvalue weighted by molar-refractivity contribution is 6.08. The van der Waals surface area contributed by atoms with Crippen molar-refractivity contribution in [3.63, 3.8) is 0 Å². The molecule has 3 rings (SSSR count). The van der Waals surface area contributed by atoms with E-state index in [1.54, 1.807) is 49.6 Å². The Hall–Kier alpha value is -3.61. The minimum Gasteiger partial charge on any atom is -0.493 e. The van der Waals surface area contributed by atoms with Crippen molar-refractivity contribution in [2.24, 2.45) is 0 Å². The number of aryl methyl sites for hydroxylation is 1. The normalized spacial score (nSPS) is 10.3. The van der Waals surface area contributed by atoms with Crippen LogP contribution in [0.1, 0.15) is 15.9 Å². The fourth-order valence-electron chi connectivity index (χ4n) is 2.68. The zero-order valence-corrected chi connectivity index (χ0v) is 15.7. The first-order valence-electron chi connectivity index (χ1n) is 8.54. The number of rotatable bonds is 6. The van der Waals surface area contributed by atoms with E-state index in [1.165, 1.54) is 19.4 Å². The molecule has 28 heavy (non-hydrogen) atoms. The van der Waals surface area contributed by atoms with Crippen molar-refractivity contribution in [2.45, 2.75) is 6.92 Å². The van der Waals surface area contributed by atoms with Gasteiger partial charge in [-0.3, -0.25) is 4.79 Å². The predicted octanol–water partition coefficient (Wildman–Crippen LogP) is 4.54. The van der Waals surface area contributed by atoms with E-state index in [0.29, 0.717) is 17.2 Å². The van der Waals surface area contributed by atoms with Gasteiger partial charge in [0, 0.05) is 18.0 Å². The summed E-state index contributed by atoms with van der Waals surface area (Å²) in [5.41, 5.74) is 1.89. The van der Waals surface area contributed by atoms with Crippen molar-refractivity contribution < 1.29 is 18.7 Å². The molecule has 3 aromatic rings. The smallest absolute Gasteiger partial charge is 0.259 e. The van der Waals surface area contributed by atoms with E-state index in [4.69, 9.17) is 9.47 Å². The van der Waals surface area contributed by atoms with E-state index >= 15 is 0 Å². The summed E-state index contributed by atoms with van der Waals surface area (Å²) < 4.78 is 24.5. The van der Waals surface area contributed by atoms with E-state index in [0.717, 1.165) is 5.56 Å². The molecule has 7 heteroatoms. The number of carbonyl (C=O) groups excluding carboxylic acids is 1. The molecule has 6 nitrogen and oxygen atoms in total. The summed E-state index contributed by atoms with van der Waals surface area (Å²) in [5.74, 6) is 0.501. The van der Waals surface area contributed by atoms with Crippen molar-refractivity contribution in [1.29, 1.82) is 0 Å². The maximum Gasteiger partial charge on any atom is 0.259 e. The van der Waals surface area contributed by atoms with Crippen molar-refractivity contribution in [3.05, 3.63) is 71.7 Å². The Morgan fingerprint density at radius 1 is 1.00 bits per heavy atom. The van der Waals surface area contributed by atoms with Crippen LogP contribution in [-0.2, 0) is 0 Å². The number of amides is 1. The standard InChI is InChI=1S/C21H20FN3O3/c1-13-11-18(27-2)19(28-3)12-17(13)25-21(26)14-7-6-10-23-20(14)24-16-9-5-4-8-15(16)22/h4-12H,1-3H3,(H,23,24)(H,25,26). The molecule has 0 saturated carbocycles. The van der Waals surface area contributed by atoms with Gasteiger partial charge in [0.2, 0.25) is 0 Å². The third kappa shape index (κ3) is 4.03. The van der Waals surface area contributed by atoms with Crippen LogP contribution in [0.2, 0.25) is 0 Å². The minimum absolute atomic E-state index is 0.234. The van der Waals surface area contributed by atoms with Gasteiger partial charge >= 0.3 is 0 Å². The molecule has 2 N–H and O–H groups in total. The minimum atomic E-state index is -0.435. The third-order valence-electron chi connectivity index (χ3n) is 4.16. The Labute approximate surface area is 162 Å². The second-order valence-electron chi connectivity index (χ2n) is 5.98. The first-order chi connectivity index (χ1) is 13.5. The zero-order valence-electron chi connectivity index (χ0n) is 15.7. The lowest BCUT2D eigenvalue weighted by atomic mass is 10.1. The number of hydrogen-bond donors (Lipinski definition) is 2. The second kappa shape index (κ2) is 8.39. The van der Waals surface area contributed by atoms with Crippen LogP contribution in [0.4, 0.5) is 21.6 Å². The average Bonchev–Trinajstić information content (AvgIpc) is 2.71. The van der Waals surface area contributed by atoms with Gasteiger partial charge in [-0.25, -0.2) is 9.37 Å². The van der Waals surface area contributed by atoms with Crippen LogP contribution in [0, 0.1) is 12.7 Å². The molecule has 0 unspecified atom stereocenters. The molecule has 0 aliphatic carbocycles. The maximum atomic E-state index is 13.9. The Morgan fingerprint density at radius 2 is 1.71 bits per heavy atom. The summed E-state index contributed by atoms with van der Waals surface area (Å²) in [5, 5.41) is 5.72. The number of benzene rings is 2. The van der Waals surface area contributed by atoms with E-state index in [9.17, 15) is 9.18 Å². The van der Waals surface area contributed by atoms with Crippen LogP contribution in [0.15, 0.2) is 54.7 Å². The first-order valence-corrected chi connectivity index (χ1v) is 8.54. The van der Waals surface area contributed by atoms with Gasteiger partial charge in [-0.15, -0.1) is 0 Å². The molecule has 2 aromatic carbocycles. The summed E-state index contributed by atoms with van der Waals surface area (Å²) in [6.45, 7) is 1.85. The topological polar surface area (TPSA) is 72.5 Å². The summed E-state index contributed by atoms with van der Waals surface area (Å²) in [7, 11) is 3.07. The average molecular weight is 381 g/mol. The molecule has 1 aromatic heterocycles. The maximum absolute atomic E-state index is 13.9. The zero-order chi connectivity index (χ0) is 20.1. The highest BCUT2D eigenvalue weighted by Crippen LogP contribution is 2.33. The van der Waals surface area contributed by atoms with Crippen LogP contribution in [0.25, 0.3) is 0 Å². The molecular formula is C21H20FN3O3. The van der Waals surface area contributed by atoms with Crippen LogP contribution >= 0.6 is 0 Å². The van der Waals surface area contributed by atoms with Crippen molar-refractivity contribution in [3.8, 4) is 11.5 Å². The van der Waals surface area contributed by atoms with E-state index in [2.05, 4.69) is 15.6 Å². The molecule has 0 saturated heterocycles. The summed E-state index contributed by atoms with van der Waals surface area (Å²) in [6.07, 6.45) is 1.53. The molecule has 0 spiro atoms. The number of nitrogens with zero attached hydrogens (tertiary/aromatic N) is 1. The van der Waals surface area contributed by atoms with Gasteiger partial charge in [-0.2, -0.15) is 0 Å². The van der Waals surface area contributed by atoms with Gasteiger partial charge in [0.25, 0.3) is 5.91 Å². The number of aromatic nitrogens is 1. The Kier molecular flexibility index (Phi) is 5.74. The number of hydrogen-bond acceptors (Lipinski definition) is 5. The molecule has 1 amide bonds. The number of para-hydroxylation sites is 1. The quantitative estimate of drug-likeness (QED) is 0.656. The first kappa shape index (κ1) is 19.2. The number of methoxy groups -OCH3 is 2. The van der Waals surface area contributed by atoms with Gasteiger partial charge < -0.3 is 20.1 Å². The van der Waals surface area contributed by atoms with Gasteiger partial charge in [-0.05, 0) is 42.8 Å². The fraction of sp³-hybridized carbons (Fsp3) is 0.143. The van der Waals surface area contributed by atoms with Gasteiger partial charge in [0.1, 0.15) is 11.6 Å². The highest BCUT2D eigenvalue weighted by atomic mass is 19.1. The third-order valence-corrected chi connectivity index (χ3v) is 4.16. The molecular weight excluding hydrogens is 361 g/mol. The Bertz CT molecular complexity index is 1010. The lowest BCUT2D eigenvalue weighted by Gasteiger charge is -2.15. The van der Waals surface area contributed by atoms with E-state index in [-0.39, 0.29) is 23.0 Å². The molecule has 0 radical (unpaired) electrons. The van der Waals surface area contributed by atoms with Crippen molar-refractivity contribution in [2.75, 3.05) is 24.9 Å². The van der Waals surface area contributed by atoms with Crippen molar-refractivity contribution >= 4 is 23.1 Å². The lowest BCUT2D eigenvalue weighted by Crippen LogP contribution is -2.15. The lowest BCUT2D eigenvalue weighted by molar-refractivity contribution is 0.102. The van der Waals surface area contributed by atoms with Crippen LogP contribution < -0.4 is 20.1 Å². The summed E-state index contributed by atoms with van der Waals surface area (Å²) in [4.78, 5) is 17.0. The molecule has 0 fully saturated rings. The number of halogens is 1. The second-order valence-corrected chi connectivity index (χ2v) is 5.98. The number of nitrogens with one attached hydrogen (secondary N) is 2. The number of anilines is 3. The SMILES string of the molecule is COc1cc(C)c(NC(=O)c2cccnc2Nc2ccccc2F)cc1OC. The van der Waals surface area contributed by atoms with Crippen molar-refractivity contribution in [1.82, 2.24) is 4.98 Å². The van der Waals surface area contributed by atoms with Gasteiger partial charge in [0.05, 0.1) is 25.5 Å². The van der Waals surface area contributed by atoms with Gasteiger partial charge in [0.15, 0.2) is 11.5 Å². The Morgan fingerprint density at radius 3 is 2.43 bits per heavy atom. The van der Waals surface area contributed by atoms with Gasteiger partial charge in [-0.1, -0.05) is 12.1 Å². The highest BCUT2D eigenvalue weighted by Gasteiger charge is 2.16. The number of carbonyl (C=O) groups is 1. The Balaban J connectivity index is 1.89. The molecule has 0 aliphatic rings.